The van der Waals surface area contributed by atoms with Crippen LogP contribution in [0.1, 0.15) is 42.6 Å². The number of nitrogens with zero attached hydrogens (tertiary/aromatic N) is 2. The second kappa shape index (κ2) is 11.3. The van der Waals surface area contributed by atoms with Gasteiger partial charge in [0, 0.05) is 56.1 Å². The number of Topliss-reactive ketones (excluding diaryl/α,β-unsaturated/α-hetero) is 2. The van der Waals surface area contributed by atoms with Gasteiger partial charge in [-0.3, -0.25) is 19.3 Å². The molecule has 0 radical (unpaired) electrons. The van der Waals surface area contributed by atoms with Crippen LogP contribution in [0.15, 0.2) is 84.9 Å². The Hall–Kier alpha value is -4.10. The summed E-state index contributed by atoms with van der Waals surface area (Å²) in [4.78, 5) is 55.6. The predicted molar refractivity (Wildman–Crippen MR) is 140 cm³/mol. The molecule has 7 nitrogen and oxygen atoms in total. The molecule has 3 aromatic carbocycles. The number of piperidine rings is 1. The minimum Gasteiger partial charge on any atom is -0.478 e. The predicted octanol–water partition coefficient (Wildman–Crippen LogP) is 3.87. The van der Waals surface area contributed by atoms with E-state index in [1.165, 1.54) is 11.0 Å². The number of likely N-dealkylation sites (tertiary alicyclic amines) is 1. The lowest BCUT2D eigenvalue weighted by molar-refractivity contribution is -0.130. The summed E-state index contributed by atoms with van der Waals surface area (Å²) in [5.41, 5.74) is 1.75. The van der Waals surface area contributed by atoms with E-state index in [1.54, 1.807) is 80.8 Å². The highest BCUT2D eigenvalue weighted by Crippen LogP contribution is 2.41. The number of aromatic carboxylic acids is 1. The largest absolute Gasteiger partial charge is 0.478 e. The van der Waals surface area contributed by atoms with Crippen molar-refractivity contribution in [1.29, 1.82) is 0 Å². The standard InChI is InChI=1S/C30H30N2O5/c1-31(2)26(33)19-32-17-24(28(34)20-10-5-3-6-11-20)27(22-14-9-15-23(16-22)30(36)37)25(18-32)29(35)21-12-7-4-8-13-21/h3-16,24-25,27H,17-19H2,1-2H3,(H,36,37). The van der Waals surface area contributed by atoms with Crippen molar-refractivity contribution in [3.8, 4) is 0 Å². The SMILES string of the molecule is CN(C)C(=O)CN1CC(C(=O)c2ccccc2)C(c2cccc(C(=O)O)c2)C(C(=O)c2ccccc2)C1. The van der Waals surface area contributed by atoms with E-state index >= 15 is 0 Å². The molecule has 7 heteroatoms. The van der Waals surface area contributed by atoms with E-state index in [9.17, 15) is 24.3 Å². The summed E-state index contributed by atoms with van der Waals surface area (Å²) in [6.07, 6.45) is 0. The number of carbonyl (C=O) groups excluding carboxylic acids is 3. The van der Waals surface area contributed by atoms with Crippen LogP contribution in [0.4, 0.5) is 0 Å². The van der Waals surface area contributed by atoms with Crippen LogP contribution in [0, 0.1) is 11.8 Å². The molecule has 1 N–H and O–H groups in total. The molecule has 1 heterocycles. The molecule has 0 saturated carbocycles. The number of ketones is 2. The van der Waals surface area contributed by atoms with Gasteiger partial charge < -0.3 is 10.0 Å². The van der Waals surface area contributed by atoms with Gasteiger partial charge in [0.05, 0.1) is 12.1 Å². The fraction of sp³-hybridized carbons (Fsp3) is 0.267. The molecular weight excluding hydrogens is 468 g/mol. The third kappa shape index (κ3) is 5.84. The molecule has 3 aromatic rings. The van der Waals surface area contributed by atoms with Gasteiger partial charge in [0.1, 0.15) is 0 Å². The Morgan fingerprint density at radius 1 is 0.757 bits per heavy atom. The number of hydrogen-bond donors (Lipinski definition) is 1. The molecule has 4 rings (SSSR count). The highest BCUT2D eigenvalue weighted by molar-refractivity contribution is 6.02. The molecule has 0 aromatic heterocycles. The van der Waals surface area contributed by atoms with Gasteiger partial charge in [-0.15, -0.1) is 0 Å². The van der Waals surface area contributed by atoms with Crippen LogP contribution >= 0.6 is 0 Å². The number of amides is 1. The average Bonchev–Trinajstić information content (AvgIpc) is 2.92. The van der Waals surface area contributed by atoms with Crippen molar-refractivity contribution in [3.05, 3.63) is 107 Å². The Bertz CT molecular complexity index is 1230. The fourth-order valence-electron chi connectivity index (χ4n) is 5.07. The molecule has 2 atom stereocenters. The molecule has 1 amide bonds. The minimum atomic E-state index is -1.08. The summed E-state index contributed by atoms with van der Waals surface area (Å²) in [5.74, 6) is -3.36. The van der Waals surface area contributed by atoms with Crippen molar-refractivity contribution in [1.82, 2.24) is 9.80 Å². The van der Waals surface area contributed by atoms with Gasteiger partial charge >= 0.3 is 5.97 Å². The first-order valence-corrected chi connectivity index (χ1v) is 12.2. The Labute approximate surface area is 216 Å². The zero-order valence-electron chi connectivity index (χ0n) is 20.9. The van der Waals surface area contributed by atoms with Gasteiger partial charge in [0.25, 0.3) is 0 Å². The first-order chi connectivity index (χ1) is 17.8. The van der Waals surface area contributed by atoms with Gasteiger partial charge in [-0.2, -0.15) is 0 Å². The van der Waals surface area contributed by atoms with Crippen molar-refractivity contribution in [2.75, 3.05) is 33.7 Å². The van der Waals surface area contributed by atoms with Crippen LogP contribution in [0.2, 0.25) is 0 Å². The Morgan fingerprint density at radius 3 is 1.70 bits per heavy atom. The van der Waals surface area contributed by atoms with Crippen molar-refractivity contribution < 1.29 is 24.3 Å². The zero-order valence-corrected chi connectivity index (χ0v) is 20.9. The Morgan fingerprint density at radius 2 is 1.24 bits per heavy atom. The molecule has 0 bridgehead atoms. The second-order valence-electron chi connectivity index (χ2n) is 9.61. The fourth-order valence-corrected chi connectivity index (χ4v) is 5.07. The molecule has 0 spiro atoms. The average molecular weight is 499 g/mol. The molecule has 1 saturated heterocycles. The molecule has 37 heavy (non-hydrogen) atoms. The number of benzene rings is 3. The molecule has 0 aliphatic carbocycles. The monoisotopic (exact) mass is 498 g/mol. The van der Waals surface area contributed by atoms with Crippen LogP contribution in [-0.4, -0.2) is 72.1 Å². The summed E-state index contributed by atoms with van der Waals surface area (Å²) in [6, 6.07) is 24.3. The number of hydrogen-bond acceptors (Lipinski definition) is 5. The molecule has 1 fully saturated rings. The summed E-state index contributed by atoms with van der Waals surface area (Å²) in [5, 5.41) is 9.62. The summed E-state index contributed by atoms with van der Waals surface area (Å²) in [7, 11) is 3.34. The van der Waals surface area contributed by atoms with Crippen molar-refractivity contribution >= 4 is 23.4 Å². The van der Waals surface area contributed by atoms with Crippen molar-refractivity contribution in [2.24, 2.45) is 11.8 Å². The van der Waals surface area contributed by atoms with E-state index in [0.29, 0.717) is 16.7 Å². The number of carboxylic acid groups (broad SMARTS) is 1. The van der Waals surface area contributed by atoms with E-state index in [-0.39, 0.29) is 42.7 Å². The maximum atomic E-state index is 13.9. The van der Waals surface area contributed by atoms with E-state index in [0.717, 1.165) is 0 Å². The lowest BCUT2D eigenvalue weighted by atomic mass is 9.68. The van der Waals surface area contributed by atoms with Crippen molar-refractivity contribution in [2.45, 2.75) is 5.92 Å². The molecule has 190 valence electrons. The normalized spacial score (nSPS) is 19.7. The Balaban J connectivity index is 1.84. The quantitative estimate of drug-likeness (QED) is 0.474. The lowest BCUT2D eigenvalue weighted by Crippen LogP contribution is -2.52. The van der Waals surface area contributed by atoms with Gasteiger partial charge in [-0.25, -0.2) is 4.79 Å². The third-order valence-corrected chi connectivity index (χ3v) is 6.94. The lowest BCUT2D eigenvalue weighted by Gasteiger charge is -2.43. The highest BCUT2D eigenvalue weighted by Gasteiger charge is 2.45. The molecule has 1 aliphatic heterocycles. The smallest absolute Gasteiger partial charge is 0.335 e. The van der Waals surface area contributed by atoms with Crippen LogP contribution in [0.3, 0.4) is 0 Å². The van der Waals surface area contributed by atoms with Gasteiger partial charge in [0.15, 0.2) is 11.6 Å². The maximum Gasteiger partial charge on any atom is 0.335 e. The first-order valence-electron chi connectivity index (χ1n) is 12.2. The minimum absolute atomic E-state index is 0.0754. The number of likely N-dealkylation sites (N-methyl/N-ethyl adjacent to an activating group) is 1. The summed E-state index contributed by atoms with van der Waals surface area (Å²) in [6.45, 7) is 0.619. The first kappa shape index (κ1) is 26.0. The summed E-state index contributed by atoms with van der Waals surface area (Å²) < 4.78 is 0. The van der Waals surface area contributed by atoms with Crippen LogP contribution < -0.4 is 0 Å². The number of rotatable bonds is 8. The topological polar surface area (TPSA) is 95.0 Å². The second-order valence-corrected chi connectivity index (χ2v) is 9.61. The Kier molecular flexibility index (Phi) is 7.94. The molecular formula is C30H30N2O5. The van der Waals surface area contributed by atoms with Crippen LogP contribution in [-0.2, 0) is 4.79 Å². The summed E-state index contributed by atoms with van der Waals surface area (Å²) >= 11 is 0. The van der Waals surface area contributed by atoms with E-state index in [4.69, 9.17) is 0 Å². The maximum absolute atomic E-state index is 13.9. The van der Waals surface area contributed by atoms with Gasteiger partial charge in [-0.05, 0) is 17.7 Å². The number of carboxylic acids is 1. The molecule has 1 aliphatic rings. The number of carbonyl (C=O) groups is 4. The van der Waals surface area contributed by atoms with E-state index in [1.807, 2.05) is 17.0 Å². The van der Waals surface area contributed by atoms with E-state index in [2.05, 4.69) is 0 Å². The third-order valence-electron chi connectivity index (χ3n) is 6.94. The van der Waals surface area contributed by atoms with Gasteiger partial charge in [-0.1, -0.05) is 72.8 Å². The van der Waals surface area contributed by atoms with Crippen LogP contribution in [0.5, 0.6) is 0 Å². The zero-order chi connectivity index (χ0) is 26.5. The highest BCUT2D eigenvalue weighted by atomic mass is 16.4. The van der Waals surface area contributed by atoms with Crippen molar-refractivity contribution in [3.63, 3.8) is 0 Å². The van der Waals surface area contributed by atoms with E-state index < -0.39 is 23.7 Å². The van der Waals surface area contributed by atoms with Gasteiger partial charge in [0.2, 0.25) is 5.91 Å². The van der Waals surface area contributed by atoms with Crippen LogP contribution in [0.25, 0.3) is 0 Å². The molecule has 2 unspecified atom stereocenters.